The quantitative estimate of drug-likeness (QED) is 0.133. The van der Waals surface area contributed by atoms with E-state index in [-0.39, 0.29) is 0 Å². The van der Waals surface area contributed by atoms with E-state index in [1.54, 1.807) is 22.3 Å². The summed E-state index contributed by atoms with van der Waals surface area (Å²) in [6.07, 6.45) is 30.6. The molecule has 0 aliphatic heterocycles. The van der Waals surface area contributed by atoms with Crippen molar-refractivity contribution in [1.82, 2.24) is 0 Å². The molecule has 7 aliphatic carbocycles. The minimum Gasteiger partial charge on any atom is -0.0795 e. The molecule has 0 aromatic heterocycles. The predicted molar refractivity (Wildman–Crippen MR) is 351 cm³/mol. The summed E-state index contributed by atoms with van der Waals surface area (Å²) in [5.74, 6) is 0. The van der Waals surface area contributed by atoms with Gasteiger partial charge in [-0.15, -0.1) is 0 Å². The Morgan fingerprint density at radius 1 is 0.207 bits per heavy atom. The second kappa shape index (κ2) is 24.9. The summed E-state index contributed by atoms with van der Waals surface area (Å²) in [4.78, 5) is 0. The predicted octanol–water partition coefficient (Wildman–Crippen LogP) is 20.1. The van der Waals surface area contributed by atoms with Crippen molar-refractivity contribution in [1.29, 1.82) is 0 Å². The first kappa shape index (κ1) is 52.5. The summed E-state index contributed by atoms with van der Waals surface area (Å²) >= 11 is 0. The number of fused-ring (bicyclic) bond motifs is 14. The van der Waals surface area contributed by atoms with Gasteiger partial charge in [0.15, 0.2) is 0 Å². The van der Waals surface area contributed by atoms with Crippen molar-refractivity contribution in [3.63, 3.8) is 0 Å². The SMILES string of the molecule is C1=Cc2cc3c(cc2C1)C=CC3.C1=Cc2ccccc2Cc2ccccc21.c1c2c(cc3c1CCC3)CCC2.c1ccc2c(c1)CCc1ccccc1-2.c1ccc2c(c1)CCc1ccccc1C2.c1ccc2c(c1)ccc1ccccc12. The van der Waals surface area contributed by atoms with Crippen LogP contribution in [-0.2, 0) is 77.0 Å². The van der Waals surface area contributed by atoms with Crippen LogP contribution in [0.4, 0.5) is 0 Å². The summed E-state index contributed by atoms with van der Waals surface area (Å²) in [5.41, 5.74) is 29.8. The van der Waals surface area contributed by atoms with Gasteiger partial charge in [0, 0.05) is 0 Å². The first-order chi connectivity index (χ1) is 40.6. The van der Waals surface area contributed by atoms with Crippen molar-refractivity contribution in [3.05, 3.63) is 343 Å². The summed E-state index contributed by atoms with van der Waals surface area (Å²) in [6, 6.07) is 83.3. The fraction of sp³-hybridized carbons (Fsp3) is 0.171. The Hall–Kier alpha value is -8.84. The normalized spacial score (nSPS) is 14.2. The maximum absolute atomic E-state index is 2.48. The van der Waals surface area contributed by atoms with E-state index in [1.165, 1.54) is 175 Å². The molecule has 0 saturated carbocycles. The highest BCUT2D eigenvalue weighted by atomic mass is 14.2. The van der Waals surface area contributed by atoms with Gasteiger partial charge >= 0.3 is 0 Å². The van der Waals surface area contributed by atoms with Gasteiger partial charge in [0.1, 0.15) is 0 Å². The van der Waals surface area contributed by atoms with Crippen LogP contribution in [0.3, 0.4) is 0 Å². The van der Waals surface area contributed by atoms with Crippen molar-refractivity contribution in [2.75, 3.05) is 0 Å². The Balaban J connectivity index is 0.0000000925. The van der Waals surface area contributed by atoms with Crippen LogP contribution in [0.1, 0.15) is 113 Å². The molecule has 0 N–H and O–H groups in total. The van der Waals surface area contributed by atoms with Gasteiger partial charge in [-0.2, -0.15) is 0 Å². The van der Waals surface area contributed by atoms with Crippen LogP contribution in [0.5, 0.6) is 0 Å². The zero-order valence-electron chi connectivity index (χ0n) is 47.3. The maximum atomic E-state index is 2.48. The van der Waals surface area contributed by atoms with Gasteiger partial charge in [-0.1, -0.05) is 267 Å². The van der Waals surface area contributed by atoms with Crippen LogP contribution in [0.15, 0.2) is 243 Å². The summed E-state index contributed by atoms with van der Waals surface area (Å²) < 4.78 is 0. The monoisotopic (exact) mass is 1060 g/mol. The topological polar surface area (TPSA) is 0 Å². The number of hydrogen-bond donors (Lipinski definition) is 0. The molecule has 7 aliphatic rings. The fourth-order valence-electron chi connectivity index (χ4n) is 13.4. The average Bonchev–Trinajstić information content (AvgIpc) is 4.43. The van der Waals surface area contributed by atoms with Crippen LogP contribution in [0, 0.1) is 0 Å². The number of hydrogen-bond acceptors (Lipinski definition) is 0. The molecule has 0 saturated heterocycles. The van der Waals surface area contributed by atoms with Crippen molar-refractivity contribution in [3.8, 4) is 11.1 Å². The highest BCUT2D eigenvalue weighted by Crippen LogP contribution is 2.34. The van der Waals surface area contributed by atoms with Gasteiger partial charge < -0.3 is 0 Å². The molecule has 0 amide bonds. The third-order valence-electron chi connectivity index (χ3n) is 17.8. The largest absolute Gasteiger partial charge is 0.0795 e. The molecule has 18 rings (SSSR count). The molecule has 0 atom stereocenters. The molecule has 0 bridgehead atoms. The molecule has 0 unspecified atom stereocenters. The smallest absolute Gasteiger partial charge is 0.00139 e. The van der Waals surface area contributed by atoms with Crippen LogP contribution < -0.4 is 0 Å². The molecular formula is C82H72. The Labute approximate surface area is 486 Å². The van der Waals surface area contributed by atoms with Crippen molar-refractivity contribution in [2.24, 2.45) is 0 Å². The number of allylic oxidation sites excluding steroid dienone is 2. The highest BCUT2D eigenvalue weighted by molar-refractivity contribution is 6.07. The van der Waals surface area contributed by atoms with E-state index >= 15 is 0 Å². The Bertz CT molecular complexity index is 3880. The molecule has 400 valence electrons. The number of rotatable bonds is 0. The standard InChI is InChI=1S/C15H14.C15H12.C14H12.C14H10.C12H14.C12H10/c2*1-3-7-14-11-15-8-4-2-6-13(15)10-9-12(14)5-1;2*1-3-7-13-11(5-1)9-10-12-6-2-4-8-14(12)13;2*1-3-9-7-11-5-2-6-12(11)8-10(9)4-1/h1-8H,9-11H2;1-10H,11H2;1-8H,9-10H2;1-10H;7-8H,1-6H2;1-3,6-8H,4-5H2. The van der Waals surface area contributed by atoms with Gasteiger partial charge in [-0.3, -0.25) is 0 Å². The van der Waals surface area contributed by atoms with Gasteiger partial charge in [-0.25, -0.2) is 0 Å². The van der Waals surface area contributed by atoms with Crippen molar-refractivity contribution >= 4 is 45.8 Å². The second-order valence-electron chi connectivity index (χ2n) is 23.0. The molecular weight excluding hydrogens is 985 g/mol. The third-order valence-corrected chi connectivity index (χ3v) is 17.8. The second-order valence-corrected chi connectivity index (χ2v) is 23.0. The Morgan fingerprint density at radius 2 is 0.549 bits per heavy atom. The molecule has 0 spiro atoms. The molecule has 11 aromatic carbocycles. The molecule has 0 radical (unpaired) electrons. The van der Waals surface area contributed by atoms with E-state index < -0.39 is 0 Å². The van der Waals surface area contributed by atoms with E-state index in [9.17, 15) is 0 Å². The van der Waals surface area contributed by atoms with Crippen molar-refractivity contribution in [2.45, 2.75) is 89.9 Å². The molecule has 82 heavy (non-hydrogen) atoms. The number of aryl methyl sites for hydroxylation is 8. The fourth-order valence-corrected chi connectivity index (χ4v) is 13.4. The van der Waals surface area contributed by atoms with Crippen LogP contribution in [-0.4, -0.2) is 0 Å². The first-order valence-electron chi connectivity index (χ1n) is 30.3. The molecule has 0 fully saturated rings. The van der Waals surface area contributed by atoms with Gasteiger partial charge in [0.05, 0.1) is 0 Å². The zero-order valence-corrected chi connectivity index (χ0v) is 47.3. The van der Waals surface area contributed by atoms with Crippen LogP contribution in [0.2, 0.25) is 0 Å². The average molecular weight is 1060 g/mol. The van der Waals surface area contributed by atoms with Crippen LogP contribution in [0.25, 0.3) is 57.0 Å². The van der Waals surface area contributed by atoms with Gasteiger partial charge in [0.2, 0.25) is 0 Å². The van der Waals surface area contributed by atoms with E-state index in [0.717, 1.165) is 25.7 Å². The molecule has 11 aromatic rings. The van der Waals surface area contributed by atoms with E-state index in [4.69, 9.17) is 0 Å². The summed E-state index contributed by atoms with van der Waals surface area (Å²) in [5, 5.41) is 5.30. The van der Waals surface area contributed by atoms with E-state index in [1.807, 2.05) is 0 Å². The lowest BCUT2D eigenvalue weighted by atomic mass is 9.86. The van der Waals surface area contributed by atoms with Crippen molar-refractivity contribution < 1.29 is 0 Å². The Morgan fingerprint density at radius 3 is 1.00 bits per heavy atom. The van der Waals surface area contributed by atoms with Gasteiger partial charge in [-0.05, 0) is 223 Å². The first-order valence-corrected chi connectivity index (χ1v) is 30.3. The minimum atomic E-state index is 1.04. The van der Waals surface area contributed by atoms with E-state index in [0.29, 0.717) is 0 Å². The lowest BCUT2D eigenvalue weighted by Gasteiger charge is -2.19. The summed E-state index contributed by atoms with van der Waals surface area (Å²) in [7, 11) is 0. The highest BCUT2D eigenvalue weighted by Gasteiger charge is 2.18. The van der Waals surface area contributed by atoms with Crippen LogP contribution >= 0.6 is 0 Å². The lowest BCUT2D eigenvalue weighted by molar-refractivity contribution is 0.897. The molecule has 0 nitrogen and oxygen atoms in total. The van der Waals surface area contributed by atoms with E-state index in [2.05, 4.69) is 267 Å². The number of benzene rings is 11. The molecule has 0 heterocycles. The Kier molecular flexibility index (Phi) is 15.9. The molecule has 0 heteroatoms. The summed E-state index contributed by atoms with van der Waals surface area (Å²) in [6.45, 7) is 0. The third kappa shape index (κ3) is 12.0. The maximum Gasteiger partial charge on any atom is -0.00139 e. The lowest BCUT2D eigenvalue weighted by Crippen LogP contribution is -2.02. The zero-order chi connectivity index (χ0) is 54.9. The van der Waals surface area contributed by atoms with Gasteiger partial charge in [0.25, 0.3) is 0 Å². The minimum absolute atomic E-state index is 1.04.